The van der Waals surface area contributed by atoms with Crippen LogP contribution in [0.2, 0.25) is 0 Å². The van der Waals surface area contributed by atoms with E-state index in [-0.39, 0.29) is 23.4 Å². The van der Waals surface area contributed by atoms with Gasteiger partial charge in [-0.3, -0.25) is 14.9 Å². The van der Waals surface area contributed by atoms with E-state index >= 15 is 0 Å². The minimum absolute atomic E-state index is 0.0535. The van der Waals surface area contributed by atoms with Crippen LogP contribution in [0, 0.1) is 0 Å². The molecule has 6 N–H and O–H groups in total. The number of nitrogens with one attached hydrogen (secondary N) is 2. The molecule has 10 heteroatoms. The van der Waals surface area contributed by atoms with Crippen LogP contribution in [0.15, 0.2) is 29.5 Å². The average Bonchev–Trinajstić information content (AvgIpc) is 3.13. The third kappa shape index (κ3) is 5.39. The molecule has 0 aromatic carbocycles. The van der Waals surface area contributed by atoms with E-state index in [2.05, 4.69) is 37.1 Å². The van der Waals surface area contributed by atoms with Crippen LogP contribution in [0.25, 0.3) is 11.0 Å². The number of amides is 1. The smallest absolute Gasteiger partial charge is 0.246 e. The van der Waals surface area contributed by atoms with Gasteiger partial charge in [-0.1, -0.05) is 6.58 Å². The van der Waals surface area contributed by atoms with Gasteiger partial charge in [0, 0.05) is 31.4 Å². The highest BCUT2D eigenvalue weighted by atomic mass is 16.2. The van der Waals surface area contributed by atoms with Crippen LogP contribution >= 0.6 is 0 Å². The number of aromatic nitrogens is 4. The molecule has 1 aliphatic heterocycles. The Morgan fingerprint density at radius 1 is 1.39 bits per heavy atom. The highest BCUT2D eigenvalue weighted by Crippen LogP contribution is 2.27. The first-order valence-electron chi connectivity index (χ1n) is 10.4. The van der Waals surface area contributed by atoms with Crippen LogP contribution in [-0.4, -0.2) is 55.3 Å². The summed E-state index contributed by atoms with van der Waals surface area (Å²) in [5.41, 5.74) is 13.5. The lowest BCUT2D eigenvalue weighted by Crippen LogP contribution is -2.44. The largest absolute Gasteiger partial charge is 0.403 e. The Morgan fingerprint density at radius 2 is 2.16 bits per heavy atom. The predicted octanol–water partition coefficient (Wildman–Crippen LogP) is 2.13. The van der Waals surface area contributed by atoms with E-state index < -0.39 is 0 Å². The van der Waals surface area contributed by atoms with Crippen LogP contribution in [0.3, 0.4) is 0 Å². The van der Waals surface area contributed by atoms with E-state index in [1.54, 1.807) is 6.21 Å². The lowest BCUT2D eigenvalue weighted by atomic mass is 9.97. The zero-order valence-corrected chi connectivity index (χ0v) is 18.4. The summed E-state index contributed by atoms with van der Waals surface area (Å²) in [4.78, 5) is 27.3. The van der Waals surface area contributed by atoms with E-state index in [0.29, 0.717) is 29.0 Å². The number of H-pyrrole nitrogens is 1. The van der Waals surface area contributed by atoms with Gasteiger partial charge in [0.05, 0.1) is 22.3 Å². The van der Waals surface area contributed by atoms with Gasteiger partial charge in [-0.15, -0.1) is 0 Å². The number of hydrogen-bond donors (Lipinski definition) is 4. The molecule has 2 aromatic heterocycles. The Labute approximate surface area is 181 Å². The zero-order chi connectivity index (χ0) is 22.6. The molecule has 1 aliphatic rings. The third-order valence-electron chi connectivity index (χ3n) is 5.07. The minimum Gasteiger partial charge on any atom is -0.403 e. The van der Waals surface area contributed by atoms with Crippen molar-refractivity contribution in [2.75, 3.05) is 17.6 Å². The standard InChI is InChI=1S/C21H31N9O/c1-5-16(31)30-9-7-6-8-14(30)10-15-17-18(23)26-20(27-19(17)29-28-15)25-13(11-22)12-24-21(2,3)4/h5,11-12,14H,1,6-10,22H2,2-4H3,(H4,23,25,26,27,28,29). The molecular weight excluding hydrogens is 394 g/mol. The molecule has 1 amide bonds. The van der Waals surface area contributed by atoms with Gasteiger partial charge in [-0.05, 0) is 46.1 Å². The molecule has 2 aromatic rings. The summed E-state index contributed by atoms with van der Waals surface area (Å²) in [6.45, 7) is 10.3. The molecule has 0 spiro atoms. The third-order valence-corrected chi connectivity index (χ3v) is 5.07. The maximum atomic E-state index is 12.2. The summed E-state index contributed by atoms with van der Waals surface area (Å²) < 4.78 is 0. The zero-order valence-electron chi connectivity index (χ0n) is 18.4. The van der Waals surface area contributed by atoms with Crippen LogP contribution in [0.1, 0.15) is 45.7 Å². The monoisotopic (exact) mass is 425 g/mol. The Hall–Kier alpha value is -3.43. The molecule has 3 rings (SSSR count). The average molecular weight is 426 g/mol. The lowest BCUT2D eigenvalue weighted by molar-refractivity contribution is -0.129. The Morgan fingerprint density at radius 3 is 2.84 bits per heavy atom. The van der Waals surface area contributed by atoms with E-state index in [9.17, 15) is 4.79 Å². The number of anilines is 2. The fraction of sp³-hybridized carbons (Fsp3) is 0.476. The van der Waals surface area contributed by atoms with Gasteiger partial charge in [0.2, 0.25) is 11.9 Å². The molecule has 3 heterocycles. The number of allylic oxidation sites excluding steroid dienone is 1. The summed E-state index contributed by atoms with van der Waals surface area (Å²) in [5.74, 6) is 0.529. The van der Waals surface area contributed by atoms with E-state index in [1.165, 1.54) is 12.3 Å². The Balaban J connectivity index is 1.83. The maximum absolute atomic E-state index is 12.2. The minimum atomic E-state index is -0.239. The Bertz CT molecular complexity index is 1020. The van der Waals surface area contributed by atoms with Crippen LogP contribution in [0.4, 0.5) is 11.8 Å². The quantitative estimate of drug-likeness (QED) is 0.409. The fourth-order valence-corrected chi connectivity index (χ4v) is 3.58. The number of nitrogens with two attached hydrogens (primary N) is 2. The summed E-state index contributed by atoms with van der Waals surface area (Å²) in [6.07, 6.45) is 7.97. The summed E-state index contributed by atoms with van der Waals surface area (Å²) in [5, 5.41) is 11.0. The van der Waals surface area contributed by atoms with Crippen molar-refractivity contribution < 1.29 is 4.79 Å². The molecular formula is C21H31N9O. The van der Waals surface area contributed by atoms with Crippen LogP contribution < -0.4 is 16.8 Å². The first kappa shape index (κ1) is 22.3. The number of carbonyl (C=O) groups is 1. The van der Waals surface area contributed by atoms with Crippen molar-refractivity contribution in [2.24, 2.45) is 10.7 Å². The topological polar surface area (TPSA) is 151 Å². The second kappa shape index (κ2) is 9.15. The molecule has 1 fully saturated rings. The number of piperidine rings is 1. The van der Waals surface area contributed by atoms with Gasteiger partial charge in [0.15, 0.2) is 5.65 Å². The van der Waals surface area contributed by atoms with Crippen molar-refractivity contribution in [1.82, 2.24) is 25.1 Å². The summed E-state index contributed by atoms with van der Waals surface area (Å²) in [6, 6.07) is 0.0560. The van der Waals surface area contributed by atoms with Crippen molar-refractivity contribution in [3.8, 4) is 0 Å². The highest BCUT2D eigenvalue weighted by molar-refractivity contribution is 5.90. The number of aliphatic imine (C=N–C) groups is 1. The van der Waals surface area contributed by atoms with Crippen molar-refractivity contribution in [3.63, 3.8) is 0 Å². The molecule has 1 unspecified atom stereocenters. The molecule has 1 saturated heterocycles. The second-order valence-corrected chi connectivity index (χ2v) is 8.60. The van der Waals surface area contributed by atoms with Gasteiger partial charge in [0.25, 0.3) is 0 Å². The molecule has 0 radical (unpaired) electrons. The van der Waals surface area contributed by atoms with Crippen LogP contribution in [0.5, 0.6) is 0 Å². The molecule has 166 valence electrons. The number of likely N-dealkylation sites (tertiary alicyclic amines) is 1. The fourth-order valence-electron chi connectivity index (χ4n) is 3.58. The van der Waals surface area contributed by atoms with Gasteiger partial charge < -0.3 is 21.7 Å². The maximum Gasteiger partial charge on any atom is 0.246 e. The SMILES string of the molecule is C=CC(=O)N1CCCCC1Cc1[nH]nc2nc(NC(C=NC(C)(C)C)=CN)nc(N)c12. The van der Waals surface area contributed by atoms with E-state index in [4.69, 9.17) is 11.5 Å². The number of nitrogen functional groups attached to an aromatic ring is 1. The lowest BCUT2D eigenvalue weighted by Gasteiger charge is -2.35. The number of fused-ring (bicyclic) bond motifs is 1. The molecule has 1 atom stereocenters. The van der Waals surface area contributed by atoms with E-state index in [1.807, 2.05) is 25.7 Å². The molecule has 0 aliphatic carbocycles. The molecule has 31 heavy (non-hydrogen) atoms. The summed E-state index contributed by atoms with van der Waals surface area (Å²) in [7, 11) is 0. The van der Waals surface area contributed by atoms with Gasteiger partial charge in [-0.25, -0.2) is 0 Å². The highest BCUT2D eigenvalue weighted by Gasteiger charge is 2.27. The Kier molecular flexibility index (Phi) is 6.57. The van der Waals surface area contributed by atoms with Gasteiger partial charge in [-0.2, -0.15) is 15.1 Å². The molecule has 0 saturated carbocycles. The van der Waals surface area contributed by atoms with Crippen molar-refractivity contribution >= 4 is 34.9 Å². The summed E-state index contributed by atoms with van der Waals surface area (Å²) >= 11 is 0. The second-order valence-electron chi connectivity index (χ2n) is 8.60. The molecule has 10 nitrogen and oxygen atoms in total. The predicted molar refractivity (Wildman–Crippen MR) is 123 cm³/mol. The van der Waals surface area contributed by atoms with Gasteiger partial charge in [0.1, 0.15) is 5.82 Å². The van der Waals surface area contributed by atoms with Crippen molar-refractivity contribution in [3.05, 3.63) is 30.2 Å². The van der Waals surface area contributed by atoms with Crippen molar-refractivity contribution in [2.45, 2.75) is 58.0 Å². The first-order chi connectivity index (χ1) is 14.7. The number of hydrogen-bond acceptors (Lipinski definition) is 8. The number of rotatable bonds is 6. The number of aromatic amines is 1. The molecule has 0 bridgehead atoms. The van der Waals surface area contributed by atoms with E-state index in [0.717, 1.165) is 31.5 Å². The number of carbonyl (C=O) groups excluding carboxylic acids is 1. The number of nitrogens with zero attached hydrogens (tertiary/aromatic N) is 5. The van der Waals surface area contributed by atoms with Crippen LogP contribution in [-0.2, 0) is 11.2 Å². The normalized spacial score (nSPS) is 18.0. The first-order valence-corrected chi connectivity index (χ1v) is 10.4. The van der Waals surface area contributed by atoms with Gasteiger partial charge >= 0.3 is 0 Å². The van der Waals surface area contributed by atoms with Crippen molar-refractivity contribution in [1.29, 1.82) is 0 Å².